The second kappa shape index (κ2) is 8.00. The fourth-order valence-corrected chi connectivity index (χ4v) is 2.38. The molecule has 2 aromatic carbocycles. The van der Waals surface area contributed by atoms with Crippen LogP contribution in [-0.2, 0) is 0 Å². The number of nitrogens with one attached hydrogen (secondary N) is 2. The Hall–Kier alpha value is -3.88. The van der Waals surface area contributed by atoms with E-state index in [1.807, 2.05) is 37.3 Å². The normalized spacial score (nSPS) is 10.3. The Kier molecular flexibility index (Phi) is 5.31. The zero-order valence-corrected chi connectivity index (χ0v) is 14.5. The summed E-state index contributed by atoms with van der Waals surface area (Å²) in [6.07, 6.45) is 0. The van der Waals surface area contributed by atoms with Gasteiger partial charge in [0.05, 0.1) is 11.5 Å². The van der Waals surface area contributed by atoms with Crippen LogP contribution in [0, 0.1) is 10.1 Å². The fourth-order valence-electron chi connectivity index (χ4n) is 2.38. The first-order valence-electron chi connectivity index (χ1n) is 8.20. The van der Waals surface area contributed by atoms with Crippen LogP contribution in [0.25, 0.3) is 0 Å². The van der Waals surface area contributed by atoms with Gasteiger partial charge in [-0.3, -0.25) is 10.1 Å². The first-order valence-corrected chi connectivity index (χ1v) is 8.20. The van der Waals surface area contributed by atoms with Crippen LogP contribution in [0.5, 0.6) is 5.75 Å². The second-order valence-corrected chi connectivity index (χ2v) is 5.46. The molecule has 0 amide bonds. The summed E-state index contributed by atoms with van der Waals surface area (Å²) in [6.45, 7) is 2.44. The molecule has 3 aromatic rings. The van der Waals surface area contributed by atoms with Crippen molar-refractivity contribution in [3.05, 3.63) is 64.7 Å². The smallest absolute Gasteiger partial charge is 0.353 e. The van der Waals surface area contributed by atoms with Gasteiger partial charge in [-0.2, -0.15) is 9.97 Å². The summed E-state index contributed by atoms with van der Waals surface area (Å²) in [5, 5.41) is 17.3. The molecule has 3 rings (SSSR count). The zero-order chi connectivity index (χ0) is 19.2. The highest BCUT2D eigenvalue weighted by molar-refractivity contribution is 5.75. The zero-order valence-electron chi connectivity index (χ0n) is 14.5. The van der Waals surface area contributed by atoms with Crippen LogP contribution in [0.4, 0.5) is 34.6 Å². The first-order chi connectivity index (χ1) is 13.1. The monoisotopic (exact) mass is 366 g/mol. The Labute approximate surface area is 155 Å². The quantitative estimate of drug-likeness (QED) is 0.425. The van der Waals surface area contributed by atoms with Gasteiger partial charge in [-0.25, -0.2) is 0 Å². The number of hydrogen-bond acceptors (Lipinski definition) is 8. The molecular weight excluding hydrogens is 348 g/mol. The van der Waals surface area contributed by atoms with Crippen LogP contribution in [0.2, 0.25) is 0 Å². The van der Waals surface area contributed by atoms with E-state index < -0.39 is 4.92 Å². The highest BCUT2D eigenvalue weighted by atomic mass is 16.6. The lowest BCUT2D eigenvalue weighted by molar-refractivity contribution is -0.383. The Balaban J connectivity index is 1.92. The maximum atomic E-state index is 11.4. The van der Waals surface area contributed by atoms with Gasteiger partial charge < -0.3 is 21.1 Å². The number of benzene rings is 2. The summed E-state index contributed by atoms with van der Waals surface area (Å²) in [6, 6.07) is 16.2. The highest BCUT2D eigenvalue weighted by Gasteiger charge is 2.23. The third-order valence-electron chi connectivity index (χ3n) is 3.55. The lowest BCUT2D eigenvalue weighted by atomic mass is 10.3. The van der Waals surface area contributed by atoms with Crippen molar-refractivity contribution in [2.75, 3.05) is 23.0 Å². The van der Waals surface area contributed by atoms with E-state index in [-0.39, 0.29) is 23.3 Å². The maximum Gasteiger partial charge on any atom is 0.353 e. The van der Waals surface area contributed by atoms with Crippen LogP contribution in [0.1, 0.15) is 6.92 Å². The molecule has 0 unspecified atom stereocenters. The minimum atomic E-state index is -0.613. The van der Waals surface area contributed by atoms with Crippen LogP contribution < -0.4 is 21.1 Å². The van der Waals surface area contributed by atoms with E-state index in [1.54, 1.807) is 24.3 Å². The van der Waals surface area contributed by atoms with E-state index in [0.717, 1.165) is 5.69 Å². The summed E-state index contributed by atoms with van der Waals surface area (Å²) in [5.74, 6) is 0.612. The molecule has 0 aliphatic carbocycles. The van der Waals surface area contributed by atoms with Crippen LogP contribution in [0.3, 0.4) is 0 Å². The maximum absolute atomic E-state index is 11.4. The summed E-state index contributed by atoms with van der Waals surface area (Å²) >= 11 is 0. The average molecular weight is 366 g/mol. The number of nitrogens with zero attached hydrogens (tertiary/aromatic N) is 3. The number of anilines is 5. The molecule has 9 heteroatoms. The van der Waals surface area contributed by atoms with Gasteiger partial charge in [-0.05, 0) is 43.3 Å². The standard InChI is InChI=1S/C18H18N6O3/c1-2-27-14-10-8-13(9-11-14)20-17-15(24(25)26)16(19)22-18(23-17)21-12-6-4-3-5-7-12/h3-11H,2H2,1H3,(H4,19,20,21,22,23). The Morgan fingerprint density at radius 2 is 1.70 bits per heavy atom. The van der Waals surface area contributed by atoms with E-state index in [1.165, 1.54) is 0 Å². The predicted molar refractivity (Wildman–Crippen MR) is 104 cm³/mol. The van der Waals surface area contributed by atoms with Gasteiger partial charge in [0.1, 0.15) is 5.75 Å². The largest absolute Gasteiger partial charge is 0.494 e. The summed E-state index contributed by atoms with van der Waals surface area (Å²) in [4.78, 5) is 19.0. The van der Waals surface area contributed by atoms with Gasteiger partial charge in [-0.1, -0.05) is 18.2 Å². The predicted octanol–water partition coefficient (Wildman–Crippen LogP) is 3.85. The topological polar surface area (TPSA) is 128 Å². The Morgan fingerprint density at radius 1 is 1.04 bits per heavy atom. The second-order valence-electron chi connectivity index (χ2n) is 5.46. The minimum Gasteiger partial charge on any atom is -0.494 e. The van der Waals surface area contributed by atoms with E-state index in [4.69, 9.17) is 10.5 Å². The highest BCUT2D eigenvalue weighted by Crippen LogP contribution is 2.32. The number of nitro groups is 1. The van der Waals surface area contributed by atoms with Crippen LogP contribution >= 0.6 is 0 Å². The summed E-state index contributed by atoms with van der Waals surface area (Å²) in [5.41, 5.74) is 6.75. The van der Waals surface area contributed by atoms with Gasteiger partial charge in [0.25, 0.3) is 0 Å². The molecule has 0 aliphatic rings. The number of para-hydroxylation sites is 1. The molecule has 138 valence electrons. The molecule has 0 atom stereocenters. The van der Waals surface area contributed by atoms with Gasteiger partial charge in [0.15, 0.2) is 0 Å². The van der Waals surface area contributed by atoms with Crippen molar-refractivity contribution in [1.29, 1.82) is 0 Å². The molecule has 0 spiro atoms. The molecule has 0 fully saturated rings. The number of hydrogen-bond donors (Lipinski definition) is 3. The number of ether oxygens (including phenoxy) is 1. The lowest BCUT2D eigenvalue weighted by Crippen LogP contribution is -2.08. The third kappa shape index (κ3) is 4.40. The summed E-state index contributed by atoms with van der Waals surface area (Å²) in [7, 11) is 0. The lowest BCUT2D eigenvalue weighted by Gasteiger charge is -2.11. The van der Waals surface area contributed by atoms with Crippen molar-refractivity contribution >= 4 is 34.6 Å². The first kappa shape index (κ1) is 17.9. The Morgan fingerprint density at radius 3 is 2.33 bits per heavy atom. The summed E-state index contributed by atoms with van der Waals surface area (Å²) < 4.78 is 5.39. The molecule has 0 aliphatic heterocycles. The number of rotatable bonds is 7. The van der Waals surface area contributed by atoms with Crippen molar-refractivity contribution in [2.24, 2.45) is 0 Å². The molecule has 27 heavy (non-hydrogen) atoms. The number of nitrogen functional groups attached to an aromatic ring is 1. The number of nitrogens with two attached hydrogens (primary N) is 1. The number of aromatic nitrogens is 2. The van der Waals surface area contributed by atoms with Crippen molar-refractivity contribution in [1.82, 2.24) is 9.97 Å². The molecule has 9 nitrogen and oxygen atoms in total. The molecular formula is C18H18N6O3. The van der Waals surface area contributed by atoms with E-state index in [9.17, 15) is 10.1 Å². The molecule has 0 radical (unpaired) electrons. The SMILES string of the molecule is CCOc1ccc(Nc2nc(Nc3ccccc3)nc(N)c2[N+](=O)[O-])cc1. The molecule has 4 N–H and O–H groups in total. The van der Waals surface area contributed by atoms with Crippen LogP contribution in [0.15, 0.2) is 54.6 Å². The molecule has 0 saturated carbocycles. The van der Waals surface area contributed by atoms with Crippen molar-refractivity contribution < 1.29 is 9.66 Å². The van der Waals surface area contributed by atoms with Gasteiger partial charge in [0.2, 0.25) is 17.6 Å². The van der Waals surface area contributed by atoms with Crippen LogP contribution in [-0.4, -0.2) is 21.5 Å². The third-order valence-corrected chi connectivity index (χ3v) is 3.55. The van der Waals surface area contributed by atoms with Crippen molar-refractivity contribution in [2.45, 2.75) is 6.92 Å². The van der Waals surface area contributed by atoms with Crippen molar-refractivity contribution in [3.63, 3.8) is 0 Å². The minimum absolute atomic E-state index is 0.00455. The molecule has 0 saturated heterocycles. The molecule has 0 bridgehead atoms. The van der Waals surface area contributed by atoms with Crippen molar-refractivity contribution in [3.8, 4) is 5.75 Å². The van der Waals surface area contributed by atoms with Gasteiger partial charge in [0, 0.05) is 11.4 Å². The van der Waals surface area contributed by atoms with E-state index in [0.29, 0.717) is 18.0 Å². The average Bonchev–Trinajstić information content (AvgIpc) is 2.64. The van der Waals surface area contributed by atoms with E-state index >= 15 is 0 Å². The Bertz CT molecular complexity index is 932. The van der Waals surface area contributed by atoms with E-state index in [2.05, 4.69) is 20.6 Å². The fraction of sp³-hybridized carbons (Fsp3) is 0.111. The molecule has 1 aromatic heterocycles. The van der Waals surface area contributed by atoms with Gasteiger partial charge in [-0.15, -0.1) is 0 Å². The van der Waals surface area contributed by atoms with Gasteiger partial charge >= 0.3 is 5.69 Å². The molecule has 1 heterocycles.